The first-order valence-electron chi connectivity index (χ1n) is 6.63. The Bertz CT molecular complexity index is 553. The van der Waals surface area contributed by atoms with Crippen molar-refractivity contribution in [3.63, 3.8) is 0 Å². The number of hydrogen-bond acceptors (Lipinski definition) is 5. The van der Waals surface area contributed by atoms with Gasteiger partial charge in [-0.05, 0) is 38.0 Å². The quantitative estimate of drug-likeness (QED) is 0.871. The van der Waals surface area contributed by atoms with Crippen LogP contribution in [-0.4, -0.2) is 21.0 Å². The molecule has 1 N–H and O–H groups in total. The van der Waals surface area contributed by atoms with Crippen molar-refractivity contribution in [3.8, 4) is 0 Å². The molecule has 0 aliphatic rings. The maximum absolute atomic E-state index is 11.8. The highest BCUT2D eigenvalue weighted by Crippen LogP contribution is 2.11. The molecule has 0 spiro atoms. The Morgan fingerprint density at radius 1 is 1.40 bits per heavy atom. The van der Waals surface area contributed by atoms with Crippen molar-refractivity contribution in [2.24, 2.45) is 0 Å². The molecule has 0 aliphatic carbocycles. The number of rotatable bonds is 6. The third-order valence-corrected chi connectivity index (χ3v) is 2.95. The molecule has 6 heteroatoms. The molecule has 2 rings (SSSR count). The number of carbonyl (C=O) groups is 1. The Morgan fingerprint density at radius 2 is 2.15 bits per heavy atom. The van der Waals surface area contributed by atoms with E-state index in [9.17, 15) is 4.79 Å². The van der Waals surface area contributed by atoms with Gasteiger partial charge in [-0.25, -0.2) is 0 Å². The fourth-order valence-corrected chi connectivity index (χ4v) is 1.89. The van der Waals surface area contributed by atoms with Crippen molar-refractivity contribution >= 4 is 5.91 Å². The van der Waals surface area contributed by atoms with E-state index in [0.717, 1.165) is 5.56 Å². The summed E-state index contributed by atoms with van der Waals surface area (Å²) >= 11 is 0. The summed E-state index contributed by atoms with van der Waals surface area (Å²) in [5, 5.41) is 6.66. The van der Waals surface area contributed by atoms with E-state index >= 15 is 0 Å². The van der Waals surface area contributed by atoms with Gasteiger partial charge in [-0.1, -0.05) is 5.16 Å². The fourth-order valence-electron chi connectivity index (χ4n) is 1.89. The fraction of sp³-hybridized carbons (Fsp3) is 0.429. The average Bonchev–Trinajstić information content (AvgIpc) is 2.85. The van der Waals surface area contributed by atoms with Gasteiger partial charge < -0.3 is 9.84 Å². The lowest BCUT2D eigenvalue weighted by atomic mass is 10.1. The molecule has 0 saturated carbocycles. The molecule has 2 heterocycles. The van der Waals surface area contributed by atoms with Gasteiger partial charge in [0, 0.05) is 25.2 Å². The minimum atomic E-state index is -0.0175. The van der Waals surface area contributed by atoms with Crippen molar-refractivity contribution in [1.29, 1.82) is 0 Å². The minimum absolute atomic E-state index is 0.0175. The van der Waals surface area contributed by atoms with Crippen LogP contribution in [0, 0.1) is 6.92 Å². The van der Waals surface area contributed by atoms with Crippen LogP contribution in [0.3, 0.4) is 0 Å². The standard InChI is InChI=1S/C14H18N4O2/c1-10(12-6-8-15-9-7-12)16-13(19)4-3-5-14-17-11(2)18-20-14/h6-10H,3-5H2,1-2H3,(H,16,19)/t10-/m1/s1. The molecule has 20 heavy (non-hydrogen) atoms. The maximum atomic E-state index is 11.8. The smallest absolute Gasteiger partial charge is 0.226 e. The second-order valence-electron chi connectivity index (χ2n) is 4.66. The number of nitrogens with zero attached hydrogens (tertiary/aromatic N) is 3. The van der Waals surface area contributed by atoms with E-state index in [1.165, 1.54) is 0 Å². The van der Waals surface area contributed by atoms with Gasteiger partial charge in [0.25, 0.3) is 0 Å². The monoisotopic (exact) mass is 274 g/mol. The predicted octanol–water partition coefficient (Wildman–Crippen LogP) is 1.97. The third-order valence-electron chi connectivity index (χ3n) is 2.95. The molecule has 106 valence electrons. The Morgan fingerprint density at radius 3 is 2.80 bits per heavy atom. The van der Waals surface area contributed by atoms with Crippen LogP contribution in [0.5, 0.6) is 0 Å². The zero-order chi connectivity index (χ0) is 14.4. The zero-order valence-corrected chi connectivity index (χ0v) is 11.7. The Kier molecular flexibility index (Phi) is 4.81. The minimum Gasteiger partial charge on any atom is -0.350 e. The molecule has 6 nitrogen and oxygen atoms in total. The summed E-state index contributed by atoms with van der Waals surface area (Å²) in [4.78, 5) is 19.9. The van der Waals surface area contributed by atoms with Crippen LogP contribution in [-0.2, 0) is 11.2 Å². The molecule has 0 saturated heterocycles. The van der Waals surface area contributed by atoms with Gasteiger partial charge in [0.1, 0.15) is 0 Å². The van der Waals surface area contributed by atoms with Crippen molar-refractivity contribution in [1.82, 2.24) is 20.4 Å². The normalized spacial score (nSPS) is 12.1. The number of nitrogens with one attached hydrogen (secondary N) is 1. The highest BCUT2D eigenvalue weighted by molar-refractivity contribution is 5.76. The first-order chi connectivity index (χ1) is 9.65. The van der Waals surface area contributed by atoms with Crippen molar-refractivity contribution in [2.75, 3.05) is 0 Å². The van der Waals surface area contributed by atoms with Crippen LogP contribution in [0.2, 0.25) is 0 Å². The number of amides is 1. The number of carbonyl (C=O) groups excluding carboxylic acids is 1. The molecule has 2 aromatic heterocycles. The molecule has 2 aromatic rings. The molecule has 1 amide bonds. The number of aromatic nitrogens is 3. The van der Waals surface area contributed by atoms with Crippen LogP contribution >= 0.6 is 0 Å². The lowest BCUT2D eigenvalue weighted by molar-refractivity contribution is -0.121. The lowest BCUT2D eigenvalue weighted by Crippen LogP contribution is -2.26. The molecule has 0 unspecified atom stereocenters. The van der Waals surface area contributed by atoms with Crippen molar-refractivity contribution in [3.05, 3.63) is 41.8 Å². The van der Waals surface area contributed by atoms with Crippen LogP contribution < -0.4 is 5.32 Å². The SMILES string of the molecule is Cc1noc(CCCC(=O)N[C@H](C)c2ccncc2)n1. The Balaban J connectivity index is 1.73. The average molecular weight is 274 g/mol. The van der Waals surface area contributed by atoms with Crippen molar-refractivity contribution in [2.45, 2.75) is 39.2 Å². The van der Waals surface area contributed by atoms with Gasteiger partial charge in [0.2, 0.25) is 11.8 Å². The number of aryl methyl sites for hydroxylation is 2. The van der Waals surface area contributed by atoms with Gasteiger partial charge in [0.15, 0.2) is 5.82 Å². The van der Waals surface area contributed by atoms with E-state index in [0.29, 0.717) is 31.0 Å². The van der Waals surface area contributed by atoms with E-state index in [1.54, 1.807) is 19.3 Å². The predicted molar refractivity (Wildman–Crippen MR) is 72.8 cm³/mol. The maximum Gasteiger partial charge on any atom is 0.226 e. The number of hydrogen-bond donors (Lipinski definition) is 1. The van der Waals surface area contributed by atoms with Gasteiger partial charge in [-0.3, -0.25) is 9.78 Å². The van der Waals surface area contributed by atoms with Gasteiger partial charge in [-0.2, -0.15) is 4.98 Å². The first-order valence-corrected chi connectivity index (χ1v) is 6.63. The topological polar surface area (TPSA) is 80.9 Å². The second-order valence-corrected chi connectivity index (χ2v) is 4.66. The summed E-state index contributed by atoms with van der Waals surface area (Å²) in [6, 6.07) is 3.77. The van der Waals surface area contributed by atoms with Crippen LogP contribution in [0.1, 0.15) is 43.1 Å². The number of pyridine rings is 1. The summed E-state index contributed by atoms with van der Waals surface area (Å²) < 4.78 is 5.00. The van der Waals surface area contributed by atoms with E-state index < -0.39 is 0 Å². The first kappa shape index (κ1) is 14.2. The van der Waals surface area contributed by atoms with Crippen LogP contribution in [0.4, 0.5) is 0 Å². The molecule has 1 atom stereocenters. The van der Waals surface area contributed by atoms with E-state index in [2.05, 4.69) is 20.4 Å². The van der Waals surface area contributed by atoms with E-state index in [4.69, 9.17) is 4.52 Å². The third kappa shape index (κ3) is 4.15. The second kappa shape index (κ2) is 6.79. The summed E-state index contributed by atoms with van der Waals surface area (Å²) in [6.45, 7) is 3.73. The van der Waals surface area contributed by atoms with E-state index in [-0.39, 0.29) is 11.9 Å². The van der Waals surface area contributed by atoms with Gasteiger partial charge in [-0.15, -0.1) is 0 Å². The largest absolute Gasteiger partial charge is 0.350 e. The van der Waals surface area contributed by atoms with Crippen molar-refractivity contribution < 1.29 is 9.32 Å². The lowest BCUT2D eigenvalue weighted by Gasteiger charge is -2.13. The summed E-state index contributed by atoms with van der Waals surface area (Å²) in [5.41, 5.74) is 1.04. The summed E-state index contributed by atoms with van der Waals surface area (Å²) in [6.07, 6.45) is 5.19. The molecule has 0 aliphatic heterocycles. The molecule has 0 aromatic carbocycles. The van der Waals surface area contributed by atoms with Gasteiger partial charge in [0.05, 0.1) is 6.04 Å². The highest BCUT2D eigenvalue weighted by atomic mass is 16.5. The zero-order valence-electron chi connectivity index (χ0n) is 11.7. The molecular formula is C14H18N4O2. The summed E-state index contributed by atoms with van der Waals surface area (Å²) in [5.74, 6) is 1.22. The molecule has 0 bridgehead atoms. The van der Waals surface area contributed by atoms with Crippen LogP contribution in [0.15, 0.2) is 29.0 Å². The molecule has 0 radical (unpaired) electrons. The summed E-state index contributed by atoms with van der Waals surface area (Å²) in [7, 11) is 0. The Labute approximate surface area is 117 Å². The van der Waals surface area contributed by atoms with Gasteiger partial charge >= 0.3 is 0 Å². The highest BCUT2D eigenvalue weighted by Gasteiger charge is 2.10. The van der Waals surface area contributed by atoms with Crippen LogP contribution in [0.25, 0.3) is 0 Å². The Hall–Kier alpha value is -2.24. The van der Waals surface area contributed by atoms with E-state index in [1.807, 2.05) is 19.1 Å². The molecule has 0 fully saturated rings. The molecular weight excluding hydrogens is 256 g/mol.